The molecule has 25 nitrogen and oxygen atoms in total. The number of carbonyl (C=O) groups is 12. The van der Waals surface area contributed by atoms with Gasteiger partial charge in [-0.2, -0.15) is 0 Å². The van der Waals surface area contributed by atoms with Crippen LogP contribution in [0.4, 0.5) is 0 Å². The summed E-state index contributed by atoms with van der Waals surface area (Å²) in [5.41, 5.74) is 1.50. The molecule has 2 aliphatic heterocycles. The highest BCUT2D eigenvalue weighted by Gasteiger charge is 2.43. The van der Waals surface area contributed by atoms with Crippen LogP contribution in [0.1, 0.15) is 146 Å². The highest BCUT2D eigenvalue weighted by Crippen LogP contribution is 2.23. The van der Waals surface area contributed by atoms with E-state index in [0.717, 1.165) is 26.7 Å². The lowest BCUT2D eigenvalue weighted by Crippen LogP contribution is -2.62. The van der Waals surface area contributed by atoms with Crippen molar-refractivity contribution in [3.05, 3.63) is 71.8 Å². The molecule has 2 aliphatic rings. The van der Waals surface area contributed by atoms with Crippen molar-refractivity contribution in [3.63, 3.8) is 0 Å². The Labute approximate surface area is 569 Å². The fourth-order valence-corrected chi connectivity index (χ4v) is 12.1. The molecule has 2 fully saturated rings. The lowest BCUT2D eigenvalue weighted by Gasteiger charge is -2.37. The standard InChI is InChI=1S/C71H112N12O13/c1-42(2)36-53-63(88)72-51(33-32-49-28-22-19-23-29-49)66(91)82(18)56(39-50-30-24-20-25-31-50)68(93)80(16)54(37-43(3)4)64(89)73-52(67(92)83-34-26-21-27-35-83)40-57(85)74-59(45(7)8)70(95)78(14)47(11)62(87)75-60(46(9)10)71(96)81(17)55(38-44(5)6)65(90)76-61(48(12)84)69(94)77(13)41-58(86)79(53)15/h19-20,22-25,28-31,42-48,51-56,59-61,84H,21,26-27,32-41H2,1-18H3,(H,72,88)(H,73,89)(H,74,85)(H,75,87)(H,76,90)/t47-,48+,51-,52-,53-,54-,55-,56-,59+,60-,61-/m0/s1. The number of rotatable bonds is 15. The van der Waals surface area contributed by atoms with E-state index in [1.807, 2.05) is 71.9 Å². The molecule has 0 bridgehead atoms. The Hall–Kier alpha value is -7.96. The maximum Gasteiger partial charge on any atom is 0.248 e. The summed E-state index contributed by atoms with van der Waals surface area (Å²) < 4.78 is 0. The van der Waals surface area contributed by atoms with Crippen LogP contribution in [-0.4, -0.2) is 239 Å². The van der Waals surface area contributed by atoms with Crippen molar-refractivity contribution in [1.82, 2.24) is 60.9 Å². The summed E-state index contributed by atoms with van der Waals surface area (Å²) in [5, 5.41) is 25.1. The molecule has 6 N–H and O–H groups in total. The Morgan fingerprint density at radius 1 is 0.479 bits per heavy atom. The highest BCUT2D eigenvalue weighted by molar-refractivity contribution is 6.00. The zero-order valence-electron chi connectivity index (χ0n) is 60.2. The molecule has 0 saturated carbocycles. The lowest BCUT2D eigenvalue weighted by atomic mass is 9.97. The van der Waals surface area contributed by atoms with Gasteiger partial charge in [-0.25, -0.2) is 0 Å². The van der Waals surface area contributed by atoms with E-state index in [9.17, 15) is 43.5 Å². The average Bonchev–Trinajstić information content (AvgIpc) is 0.827. The van der Waals surface area contributed by atoms with Gasteiger partial charge in [-0.3, -0.25) is 57.5 Å². The van der Waals surface area contributed by atoms with Crippen molar-refractivity contribution >= 4 is 70.9 Å². The average molecular weight is 1340 g/mol. The second-order valence-corrected chi connectivity index (χ2v) is 28.3. The summed E-state index contributed by atoms with van der Waals surface area (Å²) >= 11 is 0. The van der Waals surface area contributed by atoms with Gasteiger partial charge < -0.3 is 66.0 Å². The van der Waals surface area contributed by atoms with E-state index in [1.165, 1.54) is 70.8 Å². The zero-order chi connectivity index (χ0) is 72.2. The summed E-state index contributed by atoms with van der Waals surface area (Å²) in [6.45, 7) is 20.6. The van der Waals surface area contributed by atoms with E-state index in [1.54, 1.807) is 62.9 Å². The number of carbonyl (C=O) groups excluding carboxylic acids is 12. The van der Waals surface area contributed by atoms with Crippen molar-refractivity contribution in [3.8, 4) is 0 Å². The van der Waals surface area contributed by atoms with Gasteiger partial charge in [-0.15, -0.1) is 0 Å². The third-order valence-electron chi connectivity index (χ3n) is 18.3. The van der Waals surface area contributed by atoms with Crippen LogP contribution in [0.3, 0.4) is 0 Å². The number of aliphatic hydroxyl groups excluding tert-OH is 1. The Morgan fingerprint density at radius 2 is 0.917 bits per heavy atom. The van der Waals surface area contributed by atoms with E-state index in [4.69, 9.17) is 0 Å². The highest BCUT2D eigenvalue weighted by atomic mass is 16.3. The molecule has 0 aliphatic carbocycles. The van der Waals surface area contributed by atoms with E-state index in [0.29, 0.717) is 31.5 Å². The SMILES string of the molecule is CC(C)C[C@H]1C(=O)N[C@@H](CCc2ccccc2)C(=O)N(C)[C@@H](Cc2ccccc2)C(=O)N(C)[C@@H](CC(C)C)C(=O)N[C@H](C(=O)N2CCCCC2)CC(=O)N[C@H](C(C)C)C(=O)N(C)[C@@H](C)C(=O)N[C@@H](C(C)C)C(=O)N(C)[C@@H](CC(C)C)C(=O)N[C@@H]([C@@H](C)O)C(=O)N(C)CC(=O)N1C. The van der Waals surface area contributed by atoms with Gasteiger partial charge in [0.25, 0.3) is 0 Å². The first-order chi connectivity index (χ1) is 45.0. The number of nitrogens with zero attached hydrogens (tertiary/aromatic N) is 7. The fourth-order valence-electron chi connectivity index (χ4n) is 12.1. The molecule has 0 aromatic heterocycles. The number of piperidine rings is 1. The van der Waals surface area contributed by atoms with Gasteiger partial charge in [0.2, 0.25) is 70.9 Å². The molecular weight excluding hydrogens is 1230 g/mol. The van der Waals surface area contributed by atoms with Gasteiger partial charge in [0.1, 0.15) is 60.4 Å². The number of benzene rings is 2. The van der Waals surface area contributed by atoms with E-state index in [-0.39, 0.29) is 56.3 Å². The summed E-state index contributed by atoms with van der Waals surface area (Å²) in [7, 11) is 8.34. The van der Waals surface area contributed by atoms with Crippen LogP contribution in [0.15, 0.2) is 60.7 Å². The number of hydrogen-bond donors (Lipinski definition) is 6. The second kappa shape index (κ2) is 37.5. The number of likely N-dealkylation sites (N-methyl/N-ethyl adjacent to an activating group) is 6. The molecule has 12 amide bonds. The van der Waals surface area contributed by atoms with Crippen molar-refractivity contribution < 1.29 is 62.6 Å². The molecule has 25 heteroatoms. The number of amides is 12. The van der Waals surface area contributed by atoms with Gasteiger partial charge in [-0.1, -0.05) is 130 Å². The Bertz CT molecular complexity index is 2980. The van der Waals surface area contributed by atoms with E-state index >= 15 is 19.2 Å². The summed E-state index contributed by atoms with van der Waals surface area (Å²) in [6.07, 6.45) is 0.598. The first-order valence-corrected chi connectivity index (χ1v) is 34.1. The molecule has 2 aromatic carbocycles. The van der Waals surface area contributed by atoms with Crippen LogP contribution in [-0.2, 0) is 70.4 Å². The minimum Gasteiger partial charge on any atom is -0.391 e. The van der Waals surface area contributed by atoms with Crippen LogP contribution < -0.4 is 26.6 Å². The van der Waals surface area contributed by atoms with E-state index < -0.39 is 162 Å². The quantitative estimate of drug-likeness (QED) is 0.150. The monoisotopic (exact) mass is 1340 g/mol. The molecule has 4 rings (SSSR count). The predicted molar refractivity (Wildman–Crippen MR) is 365 cm³/mol. The first-order valence-electron chi connectivity index (χ1n) is 34.1. The van der Waals surface area contributed by atoms with Crippen LogP contribution >= 0.6 is 0 Å². The second-order valence-electron chi connectivity index (χ2n) is 28.3. The summed E-state index contributed by atoms with van der Waals surface area (Å²) in [4.78, 5) is 186. The minimum atomic E-state index is -1.64. The third kappa shape index (κ3) is 22.8. The van der Waals surface area contributed by atoms with Crippen molar-refractivity contribution in [1.29, 1.82) is 0 Å². The van der Waals surface area contributed by atoms with Crippen molar-refractivity contribution in [2.45, 2.75) is 214 Å². The molecule has 11 atom stereocenters. The van der Waals surface area contributed by atoms with Gasteiger partial charge in [0.15, 0.2) is 0 Å². The molecule has 0 spiro atoms. The Kier molecular flexibility index (Phi) is 31.5. The van der Waals surface area contributed by atoms with Crippen molar-refractivity contribution in [2.24, 2.45) is 29.6 Å². The number of hydrogen-bond acceptors (Lipinski definition) is 13. The first kappa shape index (κ1) is 80.5. The van der Waals surface area contributed by atoms with Gasteiger partial charge in [0, 0.05) is 61.8 Å². The van der Waals surface area contributed by atoms with Gasteiger partial charge >= 0.3 is 0 Å². The minimum absolute atomic E-state index is 0.0356. The largest absolute Gasteiger partial charge is 0.391 e. The third-order valence-corrected chi connectivity index (χ3v) is 18.3. The maximum atomic E-state index is 15.6. The van der Waals surface area contributed by atoms with Gasteiger partial charge in [-0.05, 0) is 106 Å². The molecule has 0 radical (unpaired) electrons. The van der Waals surface area contributed by atoms with Crippen LogP contribution in [0.25, 0.3) is 0 Å². The van der Waals surface area contributed by atoms with Gasteiger partial charge in [0.05, 0.1) is 19.1 Å². The number of nitrogens with one attached hydrogen (secondary N) is 5. The van der Waals surface area contributed by atoms with E-state index in [2.05, 4.69) is 26.6 Å². The number of aryl methyl sites for hydroxylation is 1. The molecule has 2 heterocycles. The number of likely N-dealkylation sites (tertiary alicyclic amines) is 1. The normalized spacial score (nSPS) is 25.5. The lowest BCUT2D eigenvalue weighted by molar-refractivity contribution is -0.150. The summed E-state index contributed by atoms with van der Waals surface area (Å²) in [5.74, 6) is -10.4. The molecule has 2 aromatic rings. The molecule has 0 unspecified atom stereocenters. The molecule has 96 heavy (non-hydrogen) atoms. The van der Waals surface area contributed by atoms with Crippen LogP contribution in [0.2, 0.25) is 0 Å². The summed E-state index contributed by atoms with van der Waals surface area (Å²) in [6, 6.07) is 4.97. The topological polar surface area (TPSA) is 308 Å². The predicted octanol–water partition coefficient (Wildman–Crippen LogP) is 3.15. The zero-order valence-corrected chi connectivity index (χ0v) is 60.2. The number of aliphatic hydroxyl groups is 1. The van der Waals surface area contributed by atoms with Crippen LogP contribution in [0.5, 0.6) is 0 Å². The maximum absolute atomic E-state index is 15.6. The molecular formula is C71H112N12O13. The Morgan fingerprint density at radius 3 is 1.42 bits per heavy atom. The van der Waals surface area contributed by atoms with Crippen LogP contribution in [0, 0.1) is 29.6 Å². The smallest absolute Gasteiger partial charge is 0.248 e. The molecule has 534 valence electrons. The fraction of sp³-hybridized carbons (Fsp3) is 0.662. The van der Waals surface area contributed by atoms with Crippen molar-refractivity contribution in [2.75, 3.05) is 61.9 Å². The Balaban J connectivity index is 1.94. The molecule has 2 saturated heterocycles.